The number of nitrogens with zero attached hydrogens (tertiary/aromatic N) is 1. The van der Waals surface area contributed by atoms with Crippen LogP contribution in [0.15, 0.2) is 42.6 Å². The van der Waals surface area contributed by atoms with Gasteiger partial charge in [-0.2, -0.15) is 0 Å². The molecule has 0 saturated carbocycles. The van der Waals surface area contributed by atoms with Gasteiger partial charge in [0.2, 0.25) is 0 Å². The van der Waals surface area contributed by atoms with Gasteiger partial charge in [-0.15, -0.1) is 0 Å². The fourth-order valence-corrected chi connectivity index (χ4v) is 4.03. The minimum Gasteiger partial charge on any atom is -0.371 e. The van der Waals surface area contributed by atoms with Crippen LogP contribution in [0.25, 0.3) is 10.9 Å². The third kappa shape index (κ3) is 4.56. The summed E-state index contributed by atoms with van der Waals surface area (Å²) < 4.78 is 26.5. The Morgan fingerprint density at radius 1 is 1.17 bits per heavy atom. The first-order valence-electron chi connectivity index (χ1n) is 10.3. The van der Waals surface area contributed by atoms with Crippen molar-refractivity contribution in [1.82, 2.24) is 15.6 Å². The lowest BCUT2D eigenvalue weighted by atomic mass is 10.1. The topological polar surface area (TPSA) is 60.2 Å². The third-order valence-electron chi connectivity index (χ3n) is 5.71. The third-order valence-corrected chi connectivity index (χ3v) is 5.71. The van der Waals surface area contributed by atoms with Crippen molar-refractivity contribution in [2.24, 2.45) is 5.92 Å². The molecule has 5 nitrogen and oxygen atoms in total. The average molecular weight is 412 g/mol. The van der Waals surface area contributed by atoms with Crippen molar-refractivity contribution in [3.63, 3.8) is 0 Å². The zero-order valence-corrected chi connectivity index (χ0v) is 17.0. The molecular weight excluding hydrogens is 386 g/mol. The summed E-state index contributed by atoms with van der Waals surface area (Å²) in [6.07, 6.45) is 3.65. The molecular formula is C23H26F2N4O. The Bertz CT molecular complexity index is 1050. The van der Waals surface area contributed by atoms with Crippen molar-refractivity contribution < 1.29 is 13.6 Å². The maximum atomic E-state index is 13.4. The first-order valence-corrected chi connectivity index (χ1v) is 10.3. The van der Waals surface area contributed by atoms with E-state index >= 15 is 0 Å². The summed E-state index contributed by atoms with van der Waals surface area (Å²) in [5.41, 5.74) is 4.18. The van der Waals surface area contributed by atoms with Gasteiger partial charge >= 0.3 is 6.03 Å². The highest BCUT2D eigenvalue weighted by Crippen LogP contribution is 2.25. The van der Waals surface area contributed by atoms with Crippen LogP contribution >= 0.6 is 0 Å². The van der Waals surface area contributed by atoms with Crippen molar-refractivity contribution in [3.05, 3.63) is 65.4 Å². The van der Waals surface area contributed by atoms with Gasteiger partial charge in [-0.05, 0) is 55.0 Å². The summed E-state index contributed by atoms with van der Waals surface area (Å²) >= 11 is 0. The van der Waals surface area contributed by atoms with E-state index < -0.39 is 11.6 Å². The van der Waals surface area contributed by atoms with Crippen LogP contribution in [0.3, 0.4) is 0 Å². The van der Waals surface area contributed by atoms with Crippen molar-refractivity contribution in [2.75, 3.05) is 31.1 Å². The van der Waals surface area contributed by atoms with Gasteiger partial charge in [0.15, 0.2) is 11.6 Å². The van der Waals surface area contributed by atoms with Gasteiger partial charge in [0.1, 0.15) is 0 Å². The van der Waals surface area contributed by atoms with Crippen LogP contribution in [0.4, 0.5) is 19.3 Å². The van der Waals surface area contributed by atoms with E-state index in [1.165, 1.54) is 22.6 Å². The number of fused-ring (bicyclic) bond motifs is 1. The molecule has 2 aromatic carbocycles. The largest absolute Gasteiger partial charge is 0.371 e. The molecule has 1 atom stereocenters. The Morgan fingerprint density at radius 3 is 2.87 bits per heavy atom. The van der Waals surface area contributed by atoms with E-state index in [4.69, 9.17) is 0 Å². The maximum absolute atomic E-state index is 13.4. The van der Waals surface area contributed by atoms with Crippen LogP contribution in [0.5, 0.6) is 0 Å². The maximum Gasteiger partial charge on any atom is 0.314 e. The lowest BCUT2D eigenvalue weighted by molar-refractivity contribution is 0.239. The number of H-pyrrole nitrogens is 1. The molecule has 158 valence electrons. The smallest absolute Gasteiger partial charge is 0.314 e. The minimum absolute atomic E-state index is 0.183. The van der Waals surface area contributed by atoms with Crippen LogP contribution in [0, 0.1) is 24.5 Å². The Morgan fingerprint density at radius 2 is 2.03 bits per heavy atom. The predicted molar refractivity (Wildman–Crippen MR) is 115 cm³/mol. The minimum atomic E-state index is -0.837. The number of anilines is 1. The summed E-state index contributed by atoms with van der Waals surface area (Å²) in [6, 6.07) is 10.1. The number of hydrogen-bond acceptors (Lipinski definition) is 2. The molecule has 1 saturated heterocycles. The molecule has 3 aromatic rings. The number of carbonyl (C=O) groups excluding carboxylic acids is 1. The Kier molecular flexibility index (Phi) is 5.88. The zero-order chi connectivity index (χ0) is 21.1. The second kappa shape index (κ2) is 8.73. The van der Waals surface area contributed by atoms with Crippen LogP contribution in [-0.2, 0) is 6.42 Å². The second-order valence-electron chi connectivity index (χ2n) is 7.95. The van der Waals surface area contributed by atoms with Gasteiger partial charge in [0.25, 0.3) is 0 Å². The predicted octanol–water partition coefficient (Wildman–Crippen LogP) is 4.12. The molecule has 0 radical (unpaired) electrons. The van der Waals surface area contributed by atoms with E-state index in [1.54, 1.807) is 6.07 Å². The number of aromatic amines is 1. The summed E-state index contributed by atoms with van der Waals surface area (Å²) in [5.74, 6) is -1.39. The van der Waals surface area contributed by atoms with Gasteiger partial charge in [-0.1, -0.05) is 12.1 Å². The number of benzene rings is 2. The number of urea groups is 1. The van der Waals surface area contributed by atoms with E-state index in [1.807, 2.05) is 11.1 Å². The molecule has 1 aliphatic rings. The van der Waals surface area contributed by atoms with Crippen molar-refractivity contribution >= 4 is 22.6 Å². The molecule has 1 fully saturated rings. The number of rotatable bonds is 6. The summed E-state index contributed by atoms with van der Waals surface area (Å²) in [6.45, 7) is 4.64. The first kappa shape index (κ1) is 20.2. The lowest BCUT2D eigenvalue weighted by Gasteiger charge is -2.19. The number of amides is 2. The molecule has 2 amide bonds. The van der Waals surface area contributed by atoms with Gasteiger partial charge in [-0.3, -0.25) is 0 Å². The highest BCUT2D eigenvalue weighted by atomic mass is 19.2. The molecule has 30 heavy (non-hydrogen) atoms. The van der Waals surface area contributed by atoms with E-state index in [9.17, 15) is 13.6 Å². The summed E-state index contributed by atoms with van der Waals surface area (Å²) in [4.78, 5) is 17.4. The SMILES string of the molecule is Cc1ccc2c(CCNC(=O)NCC3CCN(c4ccc(F)c(F)c4)C3)c[nH]c2c1. The highest BCUT2D eigenvalue weighted by molar-refractivity contribution is 5.83. The van der Waals surface area contributed by atoms with Crippen LogP contribution in [-0.4, -0.2) is 37.2 Å². The van der Waals surface area contributed by atoms with Gasteiger partial charge in [-0.25, -0.2) is 13.6 Å². The Hall–Kier alpha value is -3.09. The number of aromatic nitrogens is 1. The molecule has 0 aliphatic carbocycles. The molecule has 3 N–H and O–H groups in total. The van der Waals surface area contributed by atoms with Gasteiger partial charge in [0.05, 0.1) is 0 Å². The Balaban J connectivity index is 1.20. The molecule has 2 heterocycles. The highest BCUT2D eigenvalue weighted by Gasteiger charge is 2.23. The standard InChI is InChI=1S/C23H26F2N4O/c1-15-2-4-19-17(13-27-22(19)10-15)6-8-26-23(30)28-12-16-7-9-29(14-16)18-3-5-20(24)21(25)11-18/h2-5,10-11,13,16,27H,6-9,12,14H2,1H3,(H2,26,28,30). The van der Waals surface area contributed by atoms with E-state index in [0.717, 1.165) is 31.0 Å². The molecule has 4 rings (SSSR count). The number of halogens is 2. The summed E-state index contributed by atoms with van der Waals surface area (Å²) in [7, 11) is 0. The molecule has 1 aromatic heterocycles. The van der Waals surface area contributed by atoms with Crippen molar-refractivity contribution in [3.8, 4) is 0 Å². The molecule has 1 aliphatic heterocycles. The number of carbonyl (C=O) groups is 1. The van der Waals surface area contributed by atoms with Gasteiger partial charge < -0.3 is 20.5 Å². The van der Waals surface area contributed by atoms with Crippen LogP contribution in [0.2, 0.25) is 0 Å². The molecule has 0 spiro atoms. The van der Waals surface area contributed by atoms with Gasteiger partial charge in [0, 0.05) is 55.0 Å². The molecule has 7 heteroatoms. The number of nitrogens with one attached hydrogen (secondary N) is 3. The fraction of sp³-hybridized carbons (Fsp3) is 0.348. The van der Waals surface area contributed by atoms with E-state index in [0.29, 0.717) is 25.3 Å². The monoisotopic (exact) mass is 412 g/mol. The van der Waals surface area contributed by atoms with Crippen LogP contribution < -0.4 is 15.5 Å². The average Bonchev–Trinajstić information content (AvgIpc) is 3.35. The number of aryl methyl sites for hydroxylation is 1. The quantitative estimate of drug-likeness (QED) is 0.570. The zero-order valence-electron chi connectivity index (χ0n) is 17.0. The fourth-order valence-electron chi connectivity index (χ4n) is 4.03. The Labute approximate surface area is 174 Å². The molecule has 0 bridgehead atoms. The van der Waals surface area contributed by atoms with Crippen molar-refractivity contribution in [1.29, 1.82) is 0 Å². The van der Waals surface area contributed by atoms with Crippen LogP contribution in [0.1, 0.15) is 17.5 Å². The summed E-state index contributed by atoms with van der Waals surface area (Å²) in [5, 5.41) is 7.02. The second-order valence-corrected chi connectivity index (χ2v) is 7.95. The van der Waals surface area contributed by atoms with E-state index in [-0.39, 0.29) is 11.9 Å². The number of hydrogen-bond donors (Lipinski definition) is 3. The molecule has 1 unspecified atom stereocenters. The van der Waals surface area contributed by atoms with E-state index in [2.05, 4.69) is 40.7 Å². The van der Waals surface area contributed by atoms with Crippen molar-refractivity contribution in [2.45, 2.75) is 19.8 Å². The lowest BCUT2D eigenvalue weighted by Crippen LogP contribution is -2.39. The normalized spacial score (nSPS) is 16.2. The first-order chi connectivity index (χ1) is 14.5.